The summed E-state index contributed by atoms with van der Waals surface area (Å²) in [6.45, 7) is 3.01. The fraction of sp³-hybridized carbons (Fsp3) is 0.562. The van der Waals surface area contributed by atoms with E-state index in [-0.39, 0.29) is 11.7 Å². The molecule has 3 atom stereocenters. The Hall–Kier alpha value is -2.11. The first-order chi connectivity index (χ1) is 10.6. The monoisotopic (exact) mass is 302 g/mol. The van der Waals surface area contributed by atoms with Gasteiger partial charge in [0.05, 0.1) is 0 Å². The van der Waals surface area contributed by atoms with Crippen LogP contribution in [0, 0.1) is 11.8 Å². The average Bonchev–Trinajstić information content (AvgIpc) is 2.85. The molecule has 1 aromatic heterocycles. The summed E-state index contributed by atoms with van der Waals surface area (Å²) in [4.78, 5) is 29.7. The van der Waals surface area contributed by atoms with Crippen molar-refractivity contribution in [3.8, 4) is 0 Å². The van der Waals surface area contributed by atoms with Crippen LogP contribution < -0.4 is 11.1 Å². The van der Waals surface area contributed by atoms with Gasteiger partial charge in [-0.1, -0.05) is 25.8 Å². The molecule has 1 aliphatic carbocycles. The van der Waals surface area contributed by atoms with Crippen LogP contribution in [-0.2, 0) is 0 Å². The highest BCUT2D eigenvalue weighted by Crippen LogP contribution is 2.39. The second kappa shape index (κ2) is 5.94. The molecule has 1 aromatic rings. The molecule has 0 spiro atoms. The molecule has 22 heavy (non-hydrogen) atoms. The predicted octanol–water partition coefficient (Wildman–Crippen LogP) is 2.22. The number of aromatic nitrogens is 1. The standard InChI is InChI=1S/C16H22N4O2/c1-10-9-20(13-7-3-2-5-11(10)13)16(22)19-14-8-4-6-12(18-14)15(17)21/h4,6,8,10-11,13H,2-3,5,7,9H2,1H3,(H2,17,21)(H,18,19,22)/t10-,11-,13+/m1/s1. The van der Waals surface area contributed by atoms with Gasteiger partial charge in [-0.2, -0.15) is 0 Å². The second-order valence-corrected chi connectivity index (χ2v) is 6.35. The van der Waals surface area contributed by atoms with Crippen LogP contribution in [0.3, 0.4) is 0 Å². The van der Waals surface area contributed by atoms with E-state index in [9.17, 15) is 9.59 Å². The third kappa shape index (κ3) is 2.77. The number of hydrogen-bond acceptors (Lipinski definition) is 3. The van der Waals surface area contributed by atoms with Gasteiger partial charge in [0.1, 0.15) is 11.5 Å². The van der Waals surface area contributed by atoms with Crippen LogP contribution in [0.2, 0.25) is 0 Å². The smallest absolute Gasteiger partial charge is 0.323 e. The molecule has 1 saturated carbocycles. The number of hydrogen-bond donors (Lipinski definition) is 2. The van der Waals surface area contributed by atoms with E-state index in [1.807, 2.05) is 4.90 Å². The molecule has 1 aliphatic heterocycles. The normalized spacial score (nSPS) is 27.3. The van der Waals surface area contributed by atoms with Crippen molar-refractivity contribution >= 4 is 17.8 Å². The molecule has 0 radical (unpaired) electrons. The molecular weight excluding hydrogens is 280 g/mol. The quantitative estimate of drug-likeness (QED) is 0.878. The van der Waals surface area contributed by atoms with E-state index in [1.165, 1.54) is 25.3 Å². The Labute approximate surface area is 130 Å². The van der Waals surface area contributed by atoms with E-state index < -0.39 is 5.91 Å². The third-order valence-corrected chi connectivity index (χ3v) is 4.89. The Balaban J connectivity index is 1.72. The zero-order chi connectivity index (χ0) is 15.7. The minimum atomic E-state index is -0.599. The third-order valence-electron chi connectivity index (χ3n) is 4.89. The van der Waals surface area contributed by atoms with Gasteiger partial charge in [0.2, 0.25) is 0 Å². The number of urea groups is 1. The lowest BCUT2D eigenvalue weighted by molar-refractivity contribution is 0.0995. The maximum absolute atomic E-state index is 12.6. The molecule has 118 valence electrons. The number of nitrogens with two attached hydrogens (primary N) is 1. The molecule has 1 saturated heterocycles. The summed E-state index contributed by atoms with van der Waals surface area (Å²) in [7, 11) is 0. The van der Waals surface area contributed by atoms with E-state index in [1.54, 1.807) is 12.1 Å². The zero-order valence-electron chi connectivity index (χ0n) is 12.8. The van der Waals surface area contributed by atoms with Gasteiger partial charge in [-0.15, -0.1) is 0 Å². The fourth-order valence-electron chi connectivity index (χ4n) is 3.83. The summed E-state index contributed by atoms with van der Waals surface area (Å²) in [6, 6.07) is 5.08. The molecule has 3 N–H and O–H groups in total. The largest absolute Gasteiger partial charge is 0.364 e. The lowest BCUT2D eigenvalue weighted by atomic mass is 9.80. The average molecular weight is 302 g/mol. The Bertz CT molecular complexity index is 589. The summed E-state index contributed by atoms with van der Waals surface area (Å²) >= 11 is 0. The molecule has 2 heterocycles. The first-order valence-electron chi connectivity index (χ1n) is 7.90. The second-order valence-electron chi connectivity index (χ2n) is 6.35. The maximum atomic E-state index is 12.6. The van der Waals surface area contributed by atoms with Crippen LogP contribution in [0.5, 0.6) is 0 Å². The predicted molar refractivity (Wildman–Crippen MR) is 83.4 cm³/mol. The number of nitrogens with one attached hydrogen (secondary N) is 1. The van der Waals surface area contributed by atoms with Crippen molar-refractivity contribution < 1.29 is 9.59 Å². The molecule has 0 aromatic carbocycles. The van der Waals surface area contributed by atoms with Gasteiger partial charge in [-0.05, 0) is 36.8 Å². The summed E-state index contributed by atoms with van der Waals surface area (Å²) in [5, 5.41) is 2.80. The Kier molecular flexibility index (Phi) is 4.00. The molecule has 3 rings (SSSR count). The summed E-state index contributed by atoms with van der Waals surface area (Å²) < 4.78 is 0. The van der Waals surface area contributed by atoms with Crippen molar-refractivity contribution in [2.24, 2.45) is 17.6 Å². The van der Waals surface area contributed by atoms with E-state index >= 15 is 0 Å². The number of rotatable bonds is 2. The van der Waals surface area contributed by atoms with Gasteiger partial charge >= 0.3 is 6.03 Å². The van der Waals surface area contributed by atoms with Crippen molar-refractivity contribution in [2.75, 3.05) is 11.9 Å². The lowest BCUT2D eigenvalue weighted by Crippen LogP contribution is -2.41. The van der Waals surface area contributed by atoms with Gasteiger partial charge in [0, 0.05) is 12.6 Å². The Morgan fingerprint density at radius 2 is 2.09 bits per heavy atom. The molecule has 2 fully saturated rings. The Morgan fingerprint density at radius 1 is 1.32 bits per heavy atom. The van der Waals surface area contributed by atoms with Crippen LogP contribution >= 0.6 is 0 Å². The van der Waals surface area contributed by atoms with Crippen LogP contribution in [0.4, 0.5) is 10.6 Å². The highest BCUT2D eigenvalue weighted by Gasteiger charge is 2.42. The number of fused-ring (bicyclic) bond motifs is 1. The molecule has 2 aliphatic rings. The van der Waals surface area contributed by atoms with Crippen molar-refractivity contribution in [3.63, 3.8) is 0 Å². The Morgan fingerprint density at radius 3 is 2.86 bits per heavy atom. The van der Waals surface area contributed by atoms with Gasteiger partial charge in [0.15, 0.2) is 0 Å². The number of carbonyl (C=O) groups is 2. The minimum Gasteiger partial charge on any atom is -0.364 e. The number of amides is 3. The summed E-state index contributed by atoms with van der Waals surface area (Å²) in [5.41, 5.74) is 5.37. The van der Waals surface area contributed by atoms with Crippen molar-refractivity contribution in [1.29, 1.82) is 0 Å². The van der Waals surface area contributed by atoms with Crippen LogP contribution in [0.1, 0.15) is 43.1 Å². The summed E-state index contributed by atoms with van der Waals surface area (Å²) in [6.07, 6.45) is 4.75. The van der Waals surface area contributed by atoms with Crippen LogP contribution in [0.15, 0.2) is 18.2 Å². The van der Waals surface area contributed by atoms with Gasteiger partial charge < -0.3 is 10.6 Å². The first-order valence-corrected chi connectivity index (χ1v) is 7.90. The molecule has 0 bridgehead atoms. The maximum Gasteiger partial charge on any atom is 0.323 e. The minimum absolute atomic E-state index is 0.129. The van der Waals surface area contributed by atoms with E-state index in [0.29, 0.717) is 23.7 Å². The first kappa shape index (κ1) is 14.8. The molecular formula is C16H22N4O2. The molecule has 0 unspecified atom stereocenters. The van der Waals surface area contributed by atoms with E-state index in [2.05, 4.69) is 17.2 Å². The van der Waals surface area contributed by atoms with E-state index in [0.717, 1.165) is 13.0 Å². The highest BCUT2D eigenvalue weighted by molar-refractivity contribution is 5.93. The molecule has 6 heteroatoms. The molecule has 3 amide bonds. The van der Waals surface area contributed by atoms with Crippen molar-refractivity contribution in [2.45, 2.75) is 38.6 Å². The van der Waals surface area contributed by atoms with Crippen molar-refractivity contribution in [3.05, 3.63) is 23.9 Å². The number of nitrogens with zero attached hydrogens (tertiary/aromatic N) is 2. The number of likely N-dealkylation sites (tertiary alicyclic amines) is 1. The number of anilines is 1. The number of primary amides is 1. The number of pyridine rings is 1. The zero-order valence-corrected chi connectivity index (χ0v) is 12.8. The van der Waals surface area contributed by atoms with Crippen LogP contribution in [0.25, 0.3) is 0 Å². The number of carbonyl (C=O) groups excluding carboxylic acids is 2. The topological polar surface area (TPSA) is 88.3 Å². The van der Waals surface area contributed by atoms with Crippen molar-refractivity contribution in [1.82, 2.24) is 9.88 Å². The van der Waals surface area contributed by atoms with Gasteiger partial charge in [-0.3, -0.25) is 10.1 Å². The summed E-state index contributed by atoms with van der Waals surface area (Å²) in [5.74, 6) is 0.928. The highest BCUT2D eigenvalue weighted by atomic mass is 16.2. The van der Waals surface area contributed by atoms with E-state index in [4.69, 9.17) is 5.73 Å². The fourth-order valence-corrected chi connectivity index (χ4v) is 3.83. The van der Waals surface area contributed by atoms with Gasteiger partial charge in [0.25, 0.3) is 5.91 Å². The SMILES string of the molecule is C[C@@H]1CN(C(=O)Nc2cccc(C(N)=O)n2)[C@H]2CCCC[C@H]12. The van der Waals surface area contributed by atoms with Gasteiger partial charge in [-0.25, -0.2) is 9.78 Å². The lowest BCUT2D eigenvalue weighted by Gasteiger charge is -2.32. The molecule has 6 nitrogen and oxygen atoms in total. The van der Waals surface area contributed by atoms with Crippen LogP contribution in [-0.4, -0.2) is 34.4 Å².